The maximum absolute atomic E-state index is 12.8. The SMILES string of the molecule is COc1ccc(OC)c(S(=O)(=O)NC2CCCCN(CC(=O)O)C2=O)c1. The summed E-state index contributed by atoms with van der Waals surface area (Å²) < 4.78 is 38.1. The highest BCUT2D eigenvalue weighted by molar-refractivity contribution is 7.89. The Hall–Kier alpha value is -2.33. The smallest absolute Gasteiger partial charge is 0.323 e. The second-order valence-electron chi connectivity index (χ2n) is 5.84. The molecule has 1 saturated heterocycles. The summed E-state index contributed by atoms with van der Waals surface area (Å²) in [5, 5.41) is 8.94. The molecular weight excluding hydrogens is 364 g/mol. The lowest BCUT2D eigenvalue weighted by molar-refractivity contribution is -0.144. The Bertz CT molecular complexity index is 779. The van der Waals surface area contributed by atoms with Gasteiger partial charge < -0.3 is 19.5 Å². The van der Waals surface area contributed by atoms with E-state index in [0.717, 1.165) is 4.90 Å². The molecule has 2 rings (SSSR count). The largest absolute Gasteiger partial charge is 0.497 e. The number of ether oxygens (including phenoxy) is 2. The van der Waals surface area contributed by atoms with Crippen LogP contribution < -0.4 is 14.2 Å². The van der Waals surface area contributed by atoms with Gasteiger partial charge in [-0.05, 0) is 31.4 Å². The molecule has 10 heteroatoms. The van der Waals surface area contributed by atoms with Crippen molar-refractivity contribution in [2.45, 2.75) is 30.2 Å². The number of likely N-dealkylation sites (tertiary alicyclic amines) is 1. The summed E-state index contributed by atoms with van der Waals surface area (Å²) in [6, 6.07) is 3.29. The molecule has 1 heterocycles. The molecule has 0 saturated carbocycles. The maximum atomic E-state index is 12.8. The molecule has 9 nitrogen and oxygen atoms in total. The van der Waals surface area contributed by atoms with Crippen LogP contribution in [0, 0.1) is 0 Å². The van der Waals surface area contributed by atoms with Gasteiger partial charge in [-0.15, -0.1) is 0 Å². The number of rotatable bonds is 7. The normalized spacial score (nSPS) is 18.3. The number of nitrogens with zero attached hydrogens (tertiary/aromatic N) is 1. The third-order valence-corrected chi connectivity index (χ3v) is 5.56. The van der Waals surface area contributed by atoms with Crippen molar-refractivity contribution >= 4 is 21.9 Å². The first-order valence-electron chi connectivity index (χ1n) is 8.03. The van der Waals surface area contributed by atoms with Crippen molar-refractivity contribution in [2.75, 3.05) is 27.3 Å². The monoisotopic (exact) mass is 386 g/mol. The zero-order valence-corrected chi connectivity index (χ0v) is 15.4. The van der Waals surface area contributed by atoms with Gasteiger partial charge in [-0.3, -0.25) is 9.59 Å². The summed E-state index contributed by atoms with van der Waals surface area (Å²) in [6.07, 6.45) is 1.50. The van der Waals surface area contributed by atoms with Crippen molar-refractivity contribution < 1.29 is 32.6 Å². The average Bonchev–Trinajstić information content (AvgIpc) is 2.76. The number of sulfonamides is 1. The van der Waals surface area contributed by atoms with Crippen LogP contribution in [0.3, 0.4) is 0 Å². The number of carboxylic acid groups (broad SMARTS) is 1. The molecule has 1 aromatic rings. The number of benzene rings is 1. The highest BCUT2D eigenvalue weighted by Gasteiger charge is 2.33. The van der Waals surface area contributed by atoms with Gasteiger partial charge in [0.2, 0.25) is 15.9 Å². The minimum Gasteiger partial charge on any atom is -0.497 e. The van der Waals surface area contributed by atoms with Crippen LogP contribution in [0.1, 0.15) is 19.3 Å². The fourth-order valence-corrected chi connectivity index (χ4v) is 4.19. The molecule has 1 amide bonds. The molecule has 1 aliphatic rings. The van der Waals surface area contributed by atoms with E-state index in [2.05, 4.69) is 4.72 Å². The number of carbonyl (C=O) groups excluding carboxylic acids is 1. The van der Waals surface area contributed by atoms with Gasteiger partial charge in [-0.25, -0.2) is 8.42 Å². The Morgan fingerprint density at radius 3 is 2.65 bits per heavy atom. The van der Waals surface area contributed by atoms with Crippen molar-refractivity contribution in [2.24, 2.45) is 0 Å². The molecule has 0 spiro atoms. The minimum absolute atomic E-state index is 0.113. The van der Waals surface area contributed by atoms with Gasteiger partial charge in [0.05, 0.1) is 14.2 Å². The molecule has 144 valence electrons. The summed E-state index contributed by atoms with van der Waals surface area (Å²) in [5.74, 6) is -1.25. The van der Waals surface area contributed by atoms with E-state index >= 15 is 0 Å². The first kappa shape index (κ1) is 20.0. The number of methoxy groups -OCH3 is 2. The lowest BCUT2D eigenvalue weighted by Crippen LogP contribution is -2.48. The summed E-state index contributed by atoms with van der Waals surface area (Å²) in [6.45, 7) is -0.175. The van der Waals surface area contributed by atoms with Gasteiger partial charge in [0.15, 0.2) is 0 Å². The zero-order valence-electron chi connectivity index (χ0n) is 14.6. The number of amides is 1. The minimum atomic E-state index is -4.09. The van der Waals surface area contributed by atoms with Crippen LogP contribution in [0.25, 0.3) is 0 Å². The van der Waals surface area contributed by atoms with Crippen molar-refractivity contribution in [1.82, 2.24) is 9.62 Å². The highest BCUT2D eigenvalue weighted by atomic mass is 32.2. The lowest BCUT2D eigenvalue weighted by atomic mass is 10.1. The second-order valence-corrected chi connectivity index (χ2v) is 7.52. The Morgan fingerprint density at radius 2 is 2.04 bits per heavy atom. The number of aliphatic carboxylic acids is 1. The third kappa shape index (κ3) is 4.64. The van der Waals surface area contributed by atoms with Crippen molar-refractivity contribution in [1.29, 1.82) is 0 Å². The average molecular weight is 386 g/mol. The molecule has 2 N–H and O–H groups in total. The van der Waals surface area contributed by atoms with E-state index in [1.54, 1.807) is 6.07 Å². The molecule has 0 aromatic heterocycles. The van der Waals surface area contributed by atoms with Gasteiger partial charge in [0.25, 0.3) is 0 Å². The van der Waals surface area contributed by atoms with E-state index in [1.165, 1.54) is 26.4 Å². The van der Waals surface area contributed by atoms with Crippen LogP contribution in [0.2, 0.25) is 0 Å². The molecule has 26 heavy (non-hydrogen) atoms. The van der Waals surface area contributed by atoms with Gasteiger partial charge in [0.1, 0.15) is 29.0 Å². The van der Waals surface area contributed by atoms with Gasteiger partial charge in [0, 0.05) is 12.6 Å². The number of hydrogen-bond acceptors (Lipinski definition) is 6. The third-order valence-electron chi connectivity index (χ3n) is 4.06. The van der Waals surface area contributed by atoms with E-state index in [4.69, 9.17) is 14.6 Å². The van der Waals surface area contributed by atoms with E-state index in [0.29, 0.717) is 25.0 Å². The maximum Gasteiger partial charge on any atom is 0.323 e. The van der Waals surface area contributed by atoms with E-state index < -0.39 is 34.5 Å². The van der Waals surface area contributed by atoms with E-state index in [1.807, 2.05) is 0 Å². The lowest BCUT2D eigenvalue weighted by Gasteiger charge is -2.23. The summed E-state index contributed by atoms with van der Waals surface area (Å²) in [5.41, 5.74) is 0. The van der Waals surface area contributed by atoms with Crippen LogP contribution >= 0.6 is 0 Å². The van der Waals surface area contributed by atoms with Crippen LogP contribution in [-0.4, -0.2) is 63.7 Å². The fraction of sp³-hybridized carbons (Fsp3) is 0.500. The van der Waals surface area contributed by atoms with Crippen LogP contribution in [0.15, 0.2) is 23.1 Å². The fourth-order valence-electron chi connectivity index (χ4n) is 2.78. The first-order valence-corrected chi connectivity index (χ1v) is 9.51. The molecule has 0 bridgehead atoms. The van der Waals surface area contributed by atoms with Gasteiger partial charge in [-0.2, -0.15) is 4.72 Å². The van der Waals surface area contributed by atoms with Crippen molar-refractivity contribution in [3.63, 3.8) is 0 Å². The van der Waals surface area contributed by atoms with E-state index in [-0.39, 0.29) is 17.2 Å². The topological polar surface area (TPSA) is 122 Å². The van der Waals surface area contributed by atoms with E-state index in [9.17, 15) is 18.0 Å². The second kappa shape index (κ2) is 8.37. The Morgan fingerprint density at radius 1 is 1.31 bits per heavy atom. The first-order chi connectivity index (χ1) is 12.3. The number of carbonyl (C=O) groups is 2. The van der Waals surface area contributed by atoms with Crippen molar-refractivity contribution in [3.8, 4) is 11.5 Å². The standard InChI is InChI=1S/C16H22N2O7S/c1-24-11-6-7-13(25-2)14(9-11)26(22,23)17-12-5-3-4-8-18(16(12)21)10-15(19)20/h6-7,9,12,17H,3-5,8,10H2,1-2H3,(H,19,20). The summed E-state index contributed by atoms with van der Waals surface area (Å²) in [4.78, 5) is 24.5. The molecule has 1 fully saturated rings. The molecule has 1 unspecified atom stereocenters. The molecule has 0 aliphatic carbocycles. The molecule has 0 radical (unpaired) electrons. The number of nitrogens with one attached hydrogen (secondary N) is 1. The highest BCUT2D eigenvalue weighted by Crippen LogP contribution is 2.28. The van der Waals surface area contributed by atoms with Gasteiger partial charge >= 0.3 is 5.97 Å². The Balaban J connectivity index is 2.30. The van der Waals surface area contributed by atoms with Crippen LogP contribution in [-0.2, 0) is 19.6 Å². The van der Waals surface area contributed by atoms with Gasteiger partial charge in [-0.1, -0.05) is 0 Å². The molecule has 1 aromatic carbocycles. The van der Waals surface area contributed by atoms with Crippen molar-refractivity contribution in [3.05, 3.63) is 18.2 Å². The predicted molar refractivity (Wildman–Crippen MR) is 91.7 cm³/mol. The number of carboxylic acids is 1. The predicted octanol–water partition coefficient (Wildman–Crippen LogP) is 0.448. The quantitative estimate of drug-likeness (QED) is 0.697. The molecule has 1 aliphatic heterocycles. The summed E-state index contributed by atoms with van der Waals surface area (Å²) >= 11 is 0. The van der Waals surface area contributed by atoms with Crippen LogP contribution in [0.4, 0.5) is 0 Å². The number of hydrogen-bond donors (Lipinski definition) is 2. The molecule has 1 atom stereocenters. The Kier molecular flexibility index (Phi) is 6.43. The molecular formula is C16H22N2O7S. The summed E-state index contributed by atoms with van der Waals surface area (Å²) in [7, 11) is -1.34. The Labute approximate surface area is 151 Å². The van der Waals surface area contributed by atoms with Crippen LogP contribution in [0.5, 0.6) is 11.5 Å². The zero-order chi connectivity index (χ0) is 19.3.